The van der Waals surface area contributed by atoms with Crippen molar-refractivity contribution < 1.29 is 19.5 Å². The number of nitrogens with zero attached hydrogens (tertiary/aromatic N) is 2. The van der Waals surface area contributed by atoms with Gasteiger partial charge in [0.25, 0.3) is 11.8 Å². The highest BCUT2D eigenvalue weighted by atomic mass is 16.3. The van der Waals surface area contributed by atoms with Gasteiger partial charge in [0.05, 0.1) is 16.7 Å². The third-order valence-corrected chi connectivity index (χ3v) is 5.63. The molecule has 1 N–H and O–H groups in total. The predicted molar refractivity (Wildman–Crippen MR) is 116 cm³/mol. The van der Waals surface area contributed by atoms with E-state index in [1.165, 1.54) is 4.90 Å². The normalized spacial score (nSPS) is 21.4. The standard InChI is InChI=1S/C24H30N2O4/c1-4-5-12-25-18-14-24(2,3)15-20(28)21(18)19(27)11-8-13-26-22(29)16-9-6-7-10-17(16)23(26)30/h6-7,9-10,27H,4-5,8,11-15H2,1-3H3/b21-19+,25-18?. The molecule has 0 atom stereocenters. The van der Waals surface area contributed by atoms with Crippen molar-refractivity contribution in [3.8, 4) is 0 Å². The molecule has 0 saturated heterocycles. The highest BCUT2D eigenvalue weighted by molar-refractivity contribution is 6.24. The van der Waals surface area contributed by atoms with Crippen LogP contribution >= 0.6 is 0 Å². The van der Waals surface area contributed by atoms with Crippen LogP contribution in [-0.2, 0) is 4.79 Å². The van der Waals surface area contributed by atoms with Gasteiger partial charge in [0.1, 0.15) is 5.76 Å². The number of hydrogen-bond acceptors (Lipinski definition) is 5. The van der Waals surface area contributed by atoms with Crippen molar-refractivity contribution in [3.63, 3.8) is 0 Å². The van der Waals surface area contributed by atoms with Gasteiger partial charge in [-0.05, 0) is 36.8 Å². The van der Waals surface area contributed by atoms with Gasteiger partial charge in [-0.15, -0.1) is 0 Å². The van der Waals surface area contributed by atoms with Crippen LogP contribution in [0.3, 0.4) is 0 Å². The number of rotatable bonds is 7. The zero-order valence-electron chi connectivity index (χ0n) is 18.0. The van der Waals surface area contributed by atoms with Crippen molar-refractivity contribution in [1.29, 1.82) is 0 Å². The SMILES string of the molecule is CCCCN=C1CC(C)(C)CC(=O)/C1=C(/O)CCCN1C(=O)c2ccccc2C1=O. The lowest BCUT2D eigenvalue weighted by molar-refractivity contribution is -0.117. The van der Waals surface area contributed by atoms with Crippen LogP contribution in [0.1, 0.15) is 80.0 Å². The molecular formula is C24H30N2O4. The summed E-state index contributed by atoms with van der Waals surface area (Å²) in [6, 6.07) is 6.77. The zero-order chi connectivity index (χ0) is 21.9. The van der Waals surface area contributed by atoms with E-state index >= 15 is 0 Å². The minimum absolute atomic E-state index is 0.0161. The Balaban J connectivity index is 1.71. The number of allylic oxidation sites excluding steroid dienone is 2. The van der Waals surface area contributed by atoms with E-state index in [1.54, 1.807) is 24.3 Å². The molecule has 1 heterocycles. The summed E-state index contributed by atoms with van der Waals surface area (Å²) in [6.45, 7) is 7.00. The number of ketones is 1. The molecule has 0 aromatic heterocycles. The van der Waals surface area contributed by atoms with Crippen molar-refractivity contribution in [2.45, 2.75) is 59.3 Å². The highest BCUT2D eigenvalue weighted by Gasteiger charge is 2.37. The van der Waals surface area contributed by atoms with Crippen molar-refractivity contribution in [3.05, 3.63) is 46.7 Å². The first-order valence-corrected chi connectivity index (χ1v) is 10.7. The van der Waals surface area contributed by atoms with Gasteiger partial charge in [-0.1, -0.05) is 39.3 Å². The Morgan fingerprint density at radius 3 is 2.30 bits per heavy atom. The topological polar surface area (TPSA) is 87.0 Å². The monoisotopic (exact) mass is 410 g/mol. The molecule has 0 bridgehead atoms. The second-order valence-corrected chi connectivity index (χ2v) is 8.86. The summed E-state index contributed by atoms with van der Waals surface area (Å²) < 4.78 is 0. The molecule has 1 aromatic rings. The molecule has 1 aromatic carbocycles. The molecule has 0 unspecified atom stereocenters. The Morgan fingerprint density at radius 1 is 1.07 bits per heavy atom. The number of Topliss-reactive ketones (excluding diaryl/α,β-unsaturated/α-hetero) is 1. The second kappa shape index (κ2) is 8.94. The average molecular weight is 411 g/mol. The number of hydrogen-bond donors (Lipinski definition) is 1. The van der Waals surface area contributed by atoms with E-state index in [9.17, 15) is 19.5 Å². The van der Waals surface area contributed by atoms with E-state index in [0.717, 1.165) is 12.8 Å². The van der Waals surface area contributed by atoms with E-state index in [0.29, 0.717) is 48.2 Å². The zero-order valence-corrected chi connectivity index (χ0v) is 18.0. The first-order valence-electron chi connectivity index (χ1n) is 10.7. The van der Waals surface area contributed by atoms with Crippen molar-refractivity contribution in [2.75, 3.05) is 13.1 Å². The fourth-order valence-corrected chi connectivity index (χ4v) is 4.09. The third-order valence-electron chi connectivity index (χ3n) is 5.63. The molecule has 160 valence electrons. The molecule has 1 saturated carbocycles. The lowest BCUT2D eigenvalue weighted by atomic mass is 9.73. The van der Waals surface area contributed by atoms with Gasteiger partial charge >= 0.3 is 0 Å². The number of unbranched alkanes of at least 4 members (excludes halogenated alkanes) is 1. The van der Waals surface area contributed by atoms with Gasteiger partial charge in [0.15, 0.2) is 5.78 Å². The maximum absolute atomic E-state index is 12.7. The Kier molecular flexibility index (Phi) is 6.54. The number of aliphatic hydroxyl groups is 1. The largest absolute Gasteiger partial charge is 0.511 e. The first-order chi connectivity index (χ1) is 14.2. The van der Waals surface area contributed by atoms with Crippen LogP contribution in [0.15, 0.2) is 40.6 Å². The first kappa shape index (κ1) is 21.9. The van der Waals surface area contributed by atoms with Crippen molar-refractivity contribution >= 4 is 23.3 Å². The molecule has 1 aliphatic heterocycles. The summed E-state index contributed by atoms with van der Waals surface area (Å²) in [5.41, 5.74) is 1.68. The van der Waals surface area contributed by atoms with Gasteiger partial charge in [-0.2, -0.15) is 0 Å². The average Bonchev–Trinajstić information content (AvgIpc) is 2.92. The number of imide groups is 1. The molecule has 2 aliphatic rings. The second-order valence-electron chi connectivity index (χ2n) is 8.86. The van der Waals surface area contributed by atoms with E-state index in [1.807, 2.05) is 13.8 Å². The summed E-state index contributed by atoms with van der Waals surface area (Å²) in [4.78, 5) is 43.5. The molecule has 6 heteroatoms. The maximum Gasteiger partial charge on any atom is 0.261 e. The molecule has 6 nitrogen and oxygen atoms in total. The summed E-state index contributed by atoms with van der Waals surface area (Å²) in [5.74, 6) is -0.679. The Bertz CT molecular complexity index is 892. The fourth-order valence-electron chi connectivity index (χ4n) is 4.09. The smallest absolute Gasteiger partial charge is 0.261 e. The Morgan fingerprint density at radius 2 is 1.70 bits per heavy atom. The Hall–Kier alpha value is -2.76. The maximum atomic E-state index is 12.7. The lowest BCUT2D eigenvalue weighted by Gasteiger charge is -2.31. The van der Waals surface area contributed by atoms with Crippen molar-refractivity contribution in [1.82, 2.24) is 4.90 Å². The van der Waals surface area contributed by atoms with Gasteiger partial charge in [0, 0.05) is 31.6 Å². The quantitative estimate of drug-likeness (QED) is 0.310. The van der Waals surface area contributed by atoms with E-state index in [-0.39, 0.29) is 41.7 Å². The summed E-state index contributed by atoms with van der Waals surface area (Å²) >= 11 is 0. The van der Waals surface area contributed by atoms with Gasteiger partial charge < -0.3 is 5.11 Å². The van der Waals surface area contributed by atoms with Crippen LogP contribution in [0.2, 0.25) is 0 Å². The number of aliphatic hydroxyl groups excluding tert-OH is 1. The summed E-state index contributed by atoms with van der Waals surface area (Å²) in [5, 5.41) is 10.7. The van der Waals surface area contributed by atoms with Crippen LogP contribution in [0, 0.1) is 5.41 Å². The van der Waals surface area contributed by atoms with Crippen LogP contribution < -0.4 is 0 Å². The highest BCUT2D eigenvalue weighted by Crippen LogP contribution is 2.36. The summed E-state index contributed by atoms with van der Waals surface area (Å²) in [7, 11) is 0. The van der Waals surface area contributed by atoms with E-state index < -0.39 is 0 Å². The summed E-state index contributed by atoms with van der Waals surface area (Å²) in [6.07, 6.45) is 3.59. The molecule has 3 rings (SSSR count). The lowest BCUT2D eigenvalue weighted by Crippen LogP contribution is -2.33. The minimum atomic E-state index is -0.306. The predicted octanol–water partition coefficient (Wildman–Crippen LogP) is 4.51. The van der Waals surface area contributed by atoms with Crippen LogP contribution in [-0.4, -0.2) is 46.4 Å². The molecule has 1 fully saturated rings. The third kappa shape index (κ3) is 4.53. The molecule has 1 aliphatic carbocycles. The Labute approximate surface area is 177 Å². The molecule has 30 heavy (non-hydrogen) atoms. The number of fused-ring (bicyclic) bond motifs is 1. The van der Waals surface area contributed by atoms with Crippen molar-refractivity contribution in [2.24, 2.45) is 10.4 Å². The van der Waals surface area contributed by atoms with Crippen LogP contribution in [0.5, 0.6) is 0 Å². The fraction of sp³-hybridized carbons (Fsp3) is 0.500. The van der Waals surface area contributed by atoms with Crippen LogP contribution in [0.4, 0.5) is 0 Å². The number of aliphatic imine (C=N–C) groups is 1. The van der Waals surface area contributed by atoms with E-state index in [2.05, 4.69) is 11.9 Å². The molecule has 0 radical (unpaired) electrons. The van der Waals surface area contributed by atoms with E-state index in [4.69, 9.17) is 0 Å². The number of carbonyl (C=O) groups excluding carboxylic acids is 3. The molecule has 2 amide bonds. The van der Waals surface area contributed by atoms with Gasteiger partial charge in [-0.25, -0.2) is 0 Å². The number of carbonyl (C=O) groups is 3. The van der Waals surface area contributed by atoms with Crippen LogP contribution in [0.25, 0.3) is 0 Å². The molecule has 0 spiro atoms. The van der Waals surface area contributed by atoms with Gasteiger partial charge in [-0.3, -0.25) is 24.3 Å². The van der Waals surface area contributed by atoms with Gasteiger partial charge in [0.2, 0.25) is 0 Å². The molecular weight excluding hydrogens is 380 g/mol. The minimum Gasteiger partial charge on any atom is -0.511 e. The number of benzene rings is 1. The number of amides is 2.